The zero-order valence-corrected chi connectivity index (χ0v) is 16.7. The van der Waals surface area contributed by atoms with Crippen LogP contribution in [0.3, 0.4) is 0 Å². The molecule has 6 nitrogen and oxygen atoms in total. The maximum atomic E-state index is 12.9. The molecule has 1 amide bonds. The summed E-state index contributed by atoms with van der Waals surface area (Å²) in [5.41, 5.74) is 10.1. The van der Waals surface area contributed by atoms with Crippen molar-refractivity contribution in [1.29, 1.82) is 0 Å². The van der Waals surface area contributed by atoms with Crippen LogP contribution in [0, 0.1) is 0 Å². The van der Waals surface area contributed by atoms with Crippen molar-refractivity contribution in [3.63, 3.8) is 0 Å². The topological polar surface area (TPSA) is 91.5 Å². The van der Waals surface area contributed by atoms with E-state index >= 15 is 0 Å². The van der Waals surface area contributed by atoms with Gasteiger partial charge in [-0.2, -0.15) is 0 Å². The molecule has 0 atom stereocenters. The molecule has 1 aliphatic carbocycles. The van der Waals surface area contributed by atoms with Crippen molar-refractivity contribution in [3.8, 4) is 5.75 Å². The molecule has 30 heavy (non-hydrogen) atoms. The van der Waals surface area contributed by atoms with Crippen LogP contribution >= 0.6 is 0 Å². The predicted octanol–water partition coefficient (Wildman–Crippen LogP) is 3.76. The number of ether oxygens (including phenoxy) is 2. The zero-order chi connectivity index (χ0) is 21.1. The molecule has 0 fully saturated rings. The zero-order valence-electron chi connectivity index (χ0n) is 16.7. The molecule has 2 N–H and O–H groups in total. The lowest BCUT2D eigenvalue weighted by molar-refractivity contribution is -0.121. The summed E-state index contributed by atoms with van der Waals surface area (Å²) in [6, 6.07) is 15.3. The Labute approximate surface area is 174 Å². The van der Waals surface area contributed by atoms with E-state index < -0.39 is 18.5 Å². The number of methoxy groups -OCH3 is 1. The molecule has 0 bridgehead atoms. The number of para-hydroxylation sites is 1. The molecule has 2 aromatic carbocycles. The fraction of sp³-hybridized carbons (Fsp3) is 0.208. The van der Waals surface area contributed by atoms with Crippen molar-refractivity contribution >= 4 is 34.4 Å². The highest BCUT2D eigenvalue weighted by molar-refractivity contribution is 6.07. The summed E-state index contributed by atoms with van der Waals surface area (Å²) in [5.74, 6) is -0.435. The molecule has 1 heterocycles. The minimum absolute atomic E-state index is 0.446. The number of hydrogen-bond acceptors (Lipinski definition) is 5. The SMILES string of the molecule is COc1ccc(C=C2CCCc3c2nc2ccccc2c3C(=O)OCC(N)=O)cc1. The van der Waals surface area contributed by atoms with Gasteiger partial charge >= 0.3 is 5.97 Å². The van der Waals surface area contributed by atoms with Gasteiger partial charge in [0.25, 0.3) is 5.91 Å². The third-order valence-corrected chi connectivity index (χ3v) is 5.18. The van der Waals surface area contributed by atoms with Crippen LogP contribution in [-0.2, 0) is 16.0 Å². The summed E-state index contributed by atoms with van der Waals surface area (Å²) < 4.78 is 10.4. The molecule has 6 heteroatoms. The molecule has 1 aliphatic rings. The van der Waals surface area contributed by atoms with Gasteiger partial charge in [-0.15, -0.1) is 0 Å². The fourth-order valence-electron chi connectivity index (χ4n) is 3.82. The van der Waals surface area contributed by atoms with Gasteiger partial charge < -0.3 is 15.2 Å². The van der Waals surface area contributed by atoms with Crippen molar-refractivity contribution < 1.29 is 19.1 Å². The maximum Gasteiger partial charge on any atom is 0.339 e. The number of esters is 1. The van der Waals surface area contributed by atoms with Gasteiger partial charge in [-0.05, 0) is 60.2 Å². The monoisotopic (exact) mass is 402 g/mol. The Morgan fingerprint density at radius 3 is 2.60 bits per heavy atom. The first kappa shape index (κ1) is 19.6. The van der Waals surface area contributed by atoms with Gasteiger partial charge in [0.05, 0.1) is 23.9 Å². The van der Waals surface area contributed by atoms with Crippen molar-refractivity contribution in [2.75, 3.05) is 13.7 Å². The number of fused-ring (bicyclic) bond motifs is 2. The summed E-state index contributed by atoms with van der Waals surface area (Å²) >= 11 is 0. The number of nitrogens with two attached hydrogens (primary N) is 1. The molecule has 1 aromatic heterocycles. The predicted molar refractivity (Wildman–Crippen MR) is 115 cm³/mol. The van der Waals surface area contributed by atoms with Crippen LogP contribution in [-0.4, -0.2) is 30.6 Å². The van der Waals surface area contributed by atoms with Gasteiger partial charge in [-0.3, -0.25) is 4.79 Å². The Hall–Kier alpha value is -3.67. The minimum atomic E-state index is -0.685. The first-order valence-electron chi connectivity index (χ1n) is 9.79. The Morgan fingerprint density at radius 1 is 1.10 bits per heavy atom. The number of allylic oxidation sites excluding steroid dienone is 1. The Bertz CT molecular complexity index is 1150. The van der Waals surface area contributed by atoms with E-state index in [2.05, 4.69) is 6.08 Å². The summed E-state index contributed by atoms with van der Waals surface area (Å²) in [7, 11) is 1.64. The van der Waals surface area contributed by atoms with Gasteiger partial charge in [-0.1, -0.05) is 30.3 Å². The van der Waals surface area contributed by atoms with Crippen molar-refractivity contribution in [1.82, 2.24) is 4.98 Å². The summed E-state index contributed by atoms with van der Waals surface area (Å²) in [5, 5.41) is 0.719. The van der Waals surface area contributed by atoms with Gasteiger partial charge in [0.15, 0.2) is 6.61 Å². The van der Waals surface area contributed by atoms with Gasteiger partial charge in [0.2, 0.25) is 0 Å². The third kappa shape index (κ3) is 3.89. The Morgan fingerprint density at radius 2 is 1.87 bits per heavy atom. The number of pyridine rings is 1. The third-order valence-electron chi connectivity index (χ3n) is 5.18. The highest BCUT2D eigenvalue weighted by atomic mass is 16.5. The first-order chi connectivity index (χ1) is 14.6. The molecule has 3 aromatic rings. The van der Waals surface area contributed by atoms with Crippen LogP contribution in [0.4, 0.5) is 0 Å². The highest BCUT2D eigenvalue weighted by Gasteiger charge is 2.26. The van der Waals surface area contributed by atoms with Crippen LogP contribution in [0.15, 0.2) is 48.5 Å². The van der Waals surface area contributed by atoms with Crippen LogP contribution in [0.2, 0.25) is 0 Å². The fourth-order valence-corrected chi connectivity index (χ4v) is 3.82. The lowest BCUT2D eigenvalue weighted by atomic mass is 9.86. The number of aromatic nitrogens is 1. The van der Waals surface area contributed by atoms with E-state index in [1.54, 1.807) is 7.11 Å². The number of benzene rings is 2. The van der Waals surface area contributed by atoms with E-state index in [4.69, 9.17) is 20.2 Å². The van der Waals surface area contributed by atoms with E-state index in [0.29, 0.717) is 17.5 Å². The van der Waals surface area contributed by atoms with Gasteiger partial charge in [-0.25, -0.2) is 9.78 Å². The number of nitrogens with zero attached hydrogens (tertiary/aromatic N) is 1. The maximum absolute atomic E-state index is 12.9. The van der Waals surface area contributed by atoms with Gasteiger partial charge in [0, 0.05) is 5.39 Å². The second-order valence-electron chi connectivity index (χ2n) is 7.17. The van der Waals surface area contributed by atoms with Crippen LogP contribution in [0.1, 0.15) is 40.0 Å². The van der Waals surface area contributed by atoms with Crippen molar-refractivity contribution in [2.24, 2.45) is 5.73 Å². The van der Waals surface area contributed by atoms with Gasteiger partial charge in [0.1, 0.15) is 5.75 Å². The number of primary amides is 1. The van der Waals surface area contributed by atoms with E-state index in [0.717, 1.165) is 46.4 Å². The summed E-state index contributed by atoms with van der Waals surface area (Å²) in [6.45, 7) is -0.446. The molecular formula is C24H22N2O4. The van der Waals surface area contributed by atoms with Crippen LogP contribution < -0.4 is 10.5 Å². The lowest BCUT2D eigenvalue weighted by Gasteiger charge is -2.22. The van der Waals surface area contributed by atoms with E-state index in [1.165, 1.54) is 0 Å². The smallest absolute Gasteiger partial charge is 0.339 e. The number of hydrogen-bond donors (Lipinski definition) is 1. The Kier molecular flexibility index (Phi) is 5.48. The number of rotatable bonds is 5. The second kappa shape index (κ2) is 8.37. The number of carbonyl (C=O) groups is 2. The lowest BCUT2D eigenvalue weighted by Crippen LogP contribution is -2.22. The standard InChI is InChI=1S/C24H22N2O4/c1-29-17-11-9-15(10-12-17)13-16-5-4-7-19-22(24(28)30-14-21(25)27)18-6-2-3-8-20(18)26-23(16)19/h2-3,6,8-13H,4-5,7,14H2,1H3,(H2,25,27). The molecular weight excluding hydrogens is 380 g/mol. The number of amides is 1. The van der Waals surface area contributed by atoms with Crippen molar-refractivity contribution in [2.45, 2.75) is 19.3 Å². The highest BCUT2D eigenvalue weighted by Crippen LogP contribution is 2.36. The quantitative estimate of drug-likeness (QED) is 0.656. The summed E-state index contributed by atoms with van der Waals surface area (Å²) in [6.07, 6.45) is 4.57. The summed E-state index contributed by atoms with van der Waals surface area (Å²) in [4.78, 5) is 28.9. The van der Waals surface area contributed by atoms with E-state index in [1.807, 2.05) is 48.5 Å². The average molecular weight is 402 g/mol. The minimum Gasteiger partial charge on any atom is -0.497 e. The van der Waals surface area contributed by atoms with Crippen LogP contribution in [0.25, 0.3) is 22.6 Å². The van der Waals surface area contributed by atoms with Crippen LogP contribution in [0.5, 0.6) is 5.75 Å². The largest absolute Gasteiger partial charge is 0.497 e. The number of carbonyl (C=O) groups excluding carboxylic acids is 2. The second-order valence-corrected chi connectivity index (χ2v) is 7.17. The molecule has 4 rings (SSSR count). The molecule has 0 unspecified atom stereocenters. The molecule has 0 saturated carbocycles. The van der Waals surface area contributed by atoms with E-state index in [9.17, 15) is 9.59 Å². The van der Waals surface area contributed by atoms with E-state index in [-0.39, 0.29) is 0 Å². The molecule has 152 valence electrons. The first-order valence-corrected chi connectivity index (χ1v) is 9.79. The Balaban J connectivity index is 1.84. The average Bonchev–Trinajstić information content (AvgIpc) is 2.76. The van der Waals surface area contributed by atoms with Crippen molar-refractivity contribution in [3.05, 3.63) is 70.9 Å². The molecule has 0 spiro atoms. The molecule has 0 aliphatic heterocycles. The molecule has 0 radical (unpaired) electrons. The molecule has 0 saturated heterocycles. The normalized spacial score (nSPS) is 14.4.